The summed E-state index contributed by atoms with van der Waals surface area (Å²) in [5.41, 5.74) is 1.85. The lowest BCUT2D eigenvalue weighted by molar-refractivity contribution is -0.384. The van der Waals surface area contributed by atoms with Gasteiger partial charge in [0.1, 0.15) is 10.7 Å². The van der Waals surface area contributed by atoms with Gasteiger partial charge >= 0.3 is 5.97 Å². The Balaban J connectivity index is 2.18. The number of thiazole rings is 1. The van der Waals surface area contributed by atoms with Crippen molar-refractivity contribution in [3.8, 4) is 0 Å². The van der Waals surface area contributed by atoms with Crippen molar-refractivity contribution in [2.24, 2.45) is 0 Å². The molecule has 0 saturated carbocycles. The maximum atomic E-state index is 11.3. The van der Waals surface area contributed by atoms with E-state index in [-0.39, 0.29) is 5.69 Å². The predicted octanol–water partition coefficient (Wildman–Crippen LogP) is 3.47. The first kappa shape index (κ1) is 17.6. The van der Waals surface area contributed by atoms with Crippen molar-refractivity contribution in [1.82, 2.24) is 4.98 Å². The zero-order valence-electron chi connectivity index (χ0n) is 13.5. The van der Waals surface area contributed by atoms with Crippen LogP contribution in [-0.2, 0) is 16.1 Å². The van der Waals surface area contributed by atoms with E-state index in [1.54, 1.807) is 23.5 Å². The van der Waals surface area contributed by atoms with E-state index < -0.39 is 10.9 Å². The van der Waals surface area contributed by atoms with Crippen LogP contribution in [0.15, 0.2) is 24.3 Å². The van der Waals surface area contributed by atoms with E-state index in [2.05, 4.69) is 15.0 Å². The molecule has 1 heterocycles. The molecule has 0 atom stereocenters. The molecule has 0 radical (unpaired) electrons. The van der Waals surface area contributed by atoms with Crippen LogP contribution in [0.3, 0.4) is 0 Å². The topological polar surface area (TPSA) is 94.4 Å². The van der Waals surface area contributed by atoms with Crippen molar-refractivity contribution in [1.29, 1.82) is 0 Å². The number of hydrogen-bond donors (Lipinski definition) is 1. The third-order valence-electron chi connectivity index (χ3n) is 3.33. The Bertz CT molecular complexity index is 779. The van der Waals surface area contributed by atoms with Gasteiger partial charge in [-0.3, -0.25) is 10.1 Å². The van der Waals surface area contributed by atoms with Crippen LogP contribution >= 0.6 is 11.3 Å². The van der Waals surface area contributed by atoms with Gasteiger partial charge in [-0.05, 0) is 31.6 Å². The number of ether oxygens (including phenoxy) is 1. The van der Waals surface area contributed by atoms with E-state index in [0.29, 0.717) is 17.8 Å². The summed E-state index contributed by atoms with van der Waals surface area (Å²) < 4.78 is 4.49. The van der Waals surface area contributed by atoms with Crippen molar-refractivity contribution < 1.29 is 14.5 Å². The van der Waals surface area contributed by atoms with Crippen molar-refractivity contribution in [2.45, 2.75) is 20.4 Å². The molecule has 2 aromatic rings. The van der Waals surface area contributed by atoms with Gasteiger partial charge < -0.3 is 10.1 Å². The number of nitro benzene ring substituents is 1. The van der Waals surface area contributed by atoms with Gasteiger partial charge in [-0.25, -0.2) is 9.78 Å². The Morgan fingerprint density at radius 2 is 2.21 bits per heavy atom. The van der Waals surface area contributed by atoms with E-state index in [4.69, 9.17) is 0 Å². The first-order valence-corrected chi connectivity index (χ1v) is 7.93. The highest BCUT2D eigenvalue weighted by molar-refractivity contribution is 7.11. The highest BCUT2D eigenvalue weighted by atomic mass is 32.1. The molecule has 0 aliphatic rings. The van der Waals surface area contributed by atoms with Gasteiger partial charge in [-0.15, -0.1) is 11.3 Å². The number of nitro groups is 1. The first-order chi connectivity index (χ1) is 11.4. The minimum absolute atomic E-state index is 0.0629. The number of benzene rings is 1. The Kier molecular flexibility index (Phi) is 5.64. The molecule has 0 saturated heterocycles. The highest BCUT2D eigenvalue weighted by Crippen LogP contribution is 2.27. The van der Waals surface area contributed by atoms with Crippen LogP contribution in [-0.4, -0.2) is 23.0 Å². The molecule has 0 spiro atoms. The largest absolute Gasteiger partial charge is 0.466 e. The van der Waals surface area contributed by atoms with Crippen LogP contribution < -0.4 is 5.32 Å². The Labute approximate surface area is 143 Å². The van der Waals surface area contributed by atoms with Crippen LogP contribution in [0.2, 0.25) is 0 Å². The second-order valence-electron chi connectivity index (χ2n) is 4.99. The Morgan fingerprint density at radius 1 is 1.46 bits per heavy atom. The average molecular weight is 347 g/mol. The van der Waals surface area contributed by atoms with Gasteiger partial charge in [-0.2, -0.15) is 0 Å². The average Bonchev–Trinajstić information content (AvgIpc) is 2.89. The molecule has 126 valence electrons. The summed E-state index contributed by atoms with van der Waals surface area (Å²) in [6.07, 6.45) is 2.68. The summed E-state index contributed by atoms with van der Waals surface area (Å²) in [7, 11) is 1.27. The van der Waals surface area contributed by atoms with E-state index in [1.165, 1.54) is 25.3 Å². The highest BCUT2D eigenvalue weighted by Gasteiger charge is 2.14. The number of rotatable bonds is 6. The molecule has 0 aliphatic heterocycles. The second kappa shape index (κ2) is 7.69. The Morgan fingerprint density at radius 3 is 2.79 bits per heavy atom. The lowest BCUT2D eigenvalue weighted by Crippen LogP contribution is -2.02. The normalized spacial score (nSPS) is 10.8. The number of aryl methyl sites for hydroxylation is 2. The third kappa shape index (κ3) is 4.39. The zero-order chi connectivity index (χ0) is 17.7. The number of aromatic nitrogens is 1. The summed E-state index contributed by atoms with van der Waals surface area (Å²) >= 11 is 1.56. The fourth-order valence-electron chi connectivity index (χ4n) is 1.97. The van der Waals surface area contributed by atoms with Gasteiger partial charge in [0.2, 0.25) is 0 Å². The maximum absolute atomic E-state index is 11.3. The Hall–Kier alpha value is -2.74. The summed E-state index contributed by atoms with van der Waals surface area (Å²) in [4.78, 5) is 27.4. The maximum Gasteiger partial charge on any atom is 0.330 e. The molecule has 1 N–H and O–H groups in total. The number of carbonyl (C=O) groups excluding carboxylic acids is 1. The van der Waals surface area contributed by atoms with E-state index in [0.717, 1.165) is 15.6 Å². The molecule has 0 fully saturated rings. The van der Waals surface area contributed by atoms with Crippen LogP contribution in [0.5, 0.6) is 0 Å². The molecular weight excluding hydrogens is 330 g/mol. The number of anilines is 1. The van der Waals surface area contributed by atoms with Crippen LogP contribution in [0.25, 0.3) is 6.08 Å². The molecular formula is C16H17N3O4S. The van der Waals surface area contributed by atoms with E-state index in [1.807, 2.05) is 13.8 Å². The monoisotopic (exact) mass is 347 g/mol. The van der Waals surface area contributed by atoms with Crippen molar-refractivity contribution in [2.75, 3.05) is 12.4 Å². The molecule has 0 aliphatic carbocycles. The summed E-state index contributed by atoms with van der Waals surface area (Å²) in [5, 5.41) is 15.2. The molecule has 8 heteroatoms. The third-order valence-corrected chi connectivity index (χ3v) is 4.41. The molecule has 7 nitrogen and oxygen atoms in total. The van der Waals surface area contributed by atoms with Crippen molar-refractivity contribution in [3.05, 3.63) is 55.5 Å². The fraction of sp³-hybridized carbons (Fsp3) is 0.250. The summed E-state index contributed by atoms with van der Waals surface area (Å²) in [6, 6.07) is 4.70. The van der Waals surface area contributed by atoms with Gasteiger partial charge in [-0.1, -0.05) is 6.07 Å². The van der Waals surface area contributed by atoms with Gasteiger partial charge in [0.05, 0.1) is 24.3 Å². The molecule has 2 rings (SSSR count). The quantitative estimate of drug-likeness (QED) is 0.372. The van der Waals surface area contributed by atoms with Gasteiger partial charge in [0.15, 0.2) is 0 Å². The molecule has 0 unspecified atom stereocenters. The molecule has 24 heavy (non-hydrogen) atoms. The summed E-state index contributed by atoms with van der Waals surface area (Å²) in [6.45, 7) is 4.33. The SMILES string of the molecule is COC(=O)/C=C/c1ccc(NCc2nc(C)c(C)s2)c([N+](=O)[O-])c1. The zero-order valence-corrected chi connectivity index (χ0v) is 14.3. The first-order valence-electron chi connectivity index (χ1n) is 7.12. The number of esters is 1. The lowest BCUT2D eigenvalue weighted by Gasteiger charge is -2.06. The van der Waals surface area contributed by atoms with Gasteiger partial charge in [0.25, 0.3) is 5.69 Å². The molecule has 1 aromatic carbocycles. The van der Waals surface area contributed by atoms with E-state index >= 15 is 0 Å². The van der Waals surface area contributed by atoms with Crippen LogP contribution in [0, 0.1) is 24.0 Å². The second-order valence-corrected chi connectivity index (χ2v) is 6.28. The number of carbonyl (C=O) groups is 1. The van der Waals surface area contributed by atoms with Crippen molar-refractivity contribution >= 4 is 34.8 Å². The standard InChI is InChI=1S/C16H17N3O4S/c1-10-11(2)24-15(18-10)9-17-13-6-4-12(5-7-16(20)23-3)8-14(13)19(21)22/h4-8,17H,9H2,1-3H3/b7-5+. The number of hydrogen-bond acceptors (Lipinski definition) is 7. The lowest BCUT2D eigenvalue weighted by atomic mass is 10.1. The minimum atomic E-state index is -0.519. The number of methoxy groups -OCH3 is 1. The minimum Gasteiger partial charge on any atom is -0.466 e. The van der Waals surface area contributed by atoms with Gasteiger partial charge in [0, 0.05) is 17.0 Å². The molecule has 1 aromatic heterocycles. The van der Waals surface area contributed by atoms with Crippen LogP contribution in [0.1, 0.15) is 21.1 Å². The summed E-state index contributed by atoms with van der Waals surface area (Å²) in [5.74, 6) is -0.519. The van der Waals surface area contributed by atoms with Crippen LogP contribution in [0.4, 0.5) is 11.4 Å². The molecule has 0 bridgehead atoms. The molecule has 0 amide bonds. The fourth-order valence-corrected chi connectivity index (χ4v) is 2.84. The predicted molar refractivity (Wildman–Crippen MR) is 93.1 cm³/mol. The smallest absolute Gasteiger partial charge is 0.330 e. The number of nitrogens with one attached hydrogen (secondary N) is 1. The number of nitrogens with zero attached hydrogens (tertiary/aromatic N) is 2. The van der Waals surface area contributed by atoms with E-state index in [9.17, 15) is 14.9 Å². The van der Waals surface area contributed by atoms with Crippen molar-refractivity contribution in [3.63, 3.8) is 0 Å².